The molecule has 4 nitrogen and oxygen atoms in total. The number of morpholine rings is 1. The Hall–Kier alpha value is -0.160. The zero-order valence-electron chi connectivity index (χ0n) is 10.2. The smallest absolute Gasteiger partial charge is 0.0743 e. The first-order chi connectivity index (χ1) is 7.85. The monoisotopic (exact) mass is 228 g/mol. The lowest BCUT2D eigenvalue weighted by Gasteiger charge is -2.39. The third-order valence-corrected chi connectivity index (χ3v) is 3.73. The van der Waals surface area contributed by atoms with Crippen molar-refractivity contribution in [1.29, 1.82) is 0 Å². The zero-order valence-corrected chi connectivity index (χ0v) is 10.2. The van der Waals surface area contributed by atoms with Gasteiger partial charge in [0.1, 0.15) is 0 Å². The molecule has 2 N–H and O–H groups in total. The number of rotatable bonds is 4. The Morgan fingerprint density at radius 1 is 1.38 bits per heavy atom. The Kier molecular flexibility index (Phi) is 4.58. The van der Waals surface area contributed by atoms with Crippen LogP contribution in [-0.2, 0) is 9.47 Å². The Balaban J connectivity index is 1.91. The summed E-state index contributed by atoms with van der Waals surface area (Å²) >= 11 is 0. The van der Waals surface area contributed by atoms with E-state index in [9.17, 15) is 0 Å². The normalized spacial score (nSPS) is 34.1. The fourth-order valence-corrected chi connectivity index (χ4v) is 2.73. The van der Waals surface area contributed by atoms with Crippen LogP contribution in [0.1, 0.15) is 26.2 Å². The van der Waals surface area contributed by atoms with Gasteiger partial charge in [0, 0.05) is 32.3 Å². The van der Waals surface area contributed by atoms with Crippen molar-refractivity contribution in [2.45, 2.75) is 44.4 Å². The summed E-state index contributed by atoms with van der Waals surface area (Å²) in [6.07, 6.45) is 4.16. The summed E-state index contributed by atoms with van der Waals surface area (Å²) in [6, 6.07) is 0.389. The zero-order chi connectivity index (χ0) is 11.4. The van der Waals surface area contributed by atoms with Gasteiger partial charge in [-0.1, -0.05) is 6.92 Å². The summed E-state index contributed by atoms with van der Waals surface area (Å²) in [5.41, 5.74) is 5.91. The molecule has 3 atom stereocenters. The predicted molar refractivity (Wildman–Crippen MR) is 63.4 cm³/mol. The van der Waals surface area contributed by atoms with Crippen LogP contribution in [0.5, 0.6) is 0 Å². The van der Waals surface area contributed by atoms with E-state index in [2.05, 4.69) is 11.8 Å². The maximum Gasteiger partial charge on any atom is 0.0743 e. The number of hydrogen-bond donors (Lipinski definition) is 1. The lowest BCUT2D eigenvalue weighted by molar-refractivity contribution is -0.0670. The van der Waals surface area contributed by atoms with Crippen molar-refractivity contribution in [1.82, 2.24) is 4.90 Å². The molecule has 94 valence electrons. The Labute approximate surface area is 98.1 Å². The van der Waals surface area contributed by atoms with Crippen molar-refractivity contribution < 1.29 is 9.47 Å². The van der Waals surface area contributed by atoms with Crippen LogP contribution in [0.2, 0.25) is 0 Å². The summed E-state index contributed by atoms with van der Waals surface area (Å²) in [4.78, 5) is 2.47. The molecular weight excluding hydrogens is 204 g/mol. The molecule has 0 aliphatic carbocycles. The lowest BCUT2D eigenvalue weighted by atomic mass is 10.0. The number of hydrogen-bond acceptors (Lipinski definition) is 4. The minimum absolute atomic E-state index is 0.348. The Morgan fingerprint density at radius 2 is 2.25 bits per heavy atom. The van der Waals surface area contributed by atoms with Gasteiger partial charge in [0.05, 0.1) is 18.8 Å². The number of ether oxygens (including phenoxy) is 2. The van der Waals surface area contributed by atoms with Crippen LogP contribution in [0.4, 0.5) is 0 Å². The topological polar surface area (TPSA) is 47.7 Å². The summed E-state index contributed by atoms with van der Waals surface area (Å²) in [5, 5.41) is 0. The number of nitrogens with two attached hydrogens (primary N) is 1. The first kappa shape index (κ1) is 12.3. The molecule has 2 rings (SSSR count). The van der Waals surface area contributed by atoms with E-state index in [-0.39, 0.29) is 0 Å². The standard InChI is InChI=1S/C12H24N2O2/c1-2-10-9-14(5-7-15-10)11(8-13)12-4-3-6-16-12/h10-12H,2-9,13H2,1H3. The highest BCUT2D eigenvalue weighted by atomic mass is 16.5. The van der Waals surface area contributed by atoms with E-state index in [0.717, 1.165) is 39.1 Å². The molecule has 0 aromatic heterocycles. The van der Waals surface area contributed by atoms with Crippen LogP contribution >= 0.6 is 0 Å². The van der Waals surface area contributed by atoms with Crippen LogP contribution in [0, 0.1) is 0 Å². The fourth-order valence-electron chi connectivity index (χ4n) is 2.73. The van der Waals surface area contributed by atoms with Gasteiger partial charge in [-0.2, -0.15) is 0 Å². The molecule has 0 bridgehead atoms. The van der Waals surface area contributed by atoms with Gasteiger partial charge in [-0.3, -0.25) is 4.90 Å². The quantitative estimate of drug-likeness (QED) is 0.765. The molecule has 0 saturated carbocycles. The largest absolute Gasteiger partial charge is 0.377 e. The van der Waals surface area contributed by atoms with E-state index >= 15 is 0 Å². The highest BCUT2D eigenvalue weighted by Gasteiger charge is 2.32. The van der Waals surface area contributed by atoms with Crippen LogP contribution in [-0.4, -0.2) is 56.0 Å². The first-order valence-electron chi connectivity index (χ1n) is 6.52. The first-order valence-corrected chi connectivity index (χ1v) is 6.52. The Bertz CT molecular complexity index is 207. The van der Waals surface area contributed by atoms with Gasteiger partial charge < -0.3 is 15.2 Å². The van der Waals surface area contributed by atoms with Gasteiger partial charge in [0.15, 0.2) is 0 Å². The van der Waals surface area contributed by atoms with Crippen molar-refractivity contribution in [3.05, 3.63) is 0 Å². The summed E-state index contributed by atoms with van der Waals surface area (Å²) < 4.78 is 11.5. The average molecular weight is 228 g/mol. The molecule has 0 aromatic rings. The third-order valence-electron chi connectivity index (χ3n) is 3.73. The summed E-state index contributed by atoms with van der Waals surface area (Å²) in [7, 11) is 0. The molecule has 2 heterocycles. The van der Waals surface area contributed by atoms with Crippen molar-refractivity contribution >= 4 is 0 Å². The minimum Gasteiger partial charge on any atom is -0.377 e. The molecule has 3 unspecified atom stereocenters. The van der Waals surface area contributed by atoms with Gasteiger partial charge in [-0.25, -0.2) is 0 Å². The summed E-state index contributed by atoms with van der Waals surface area (Å²) in [6.45, 7) is 6.62. The molecular formula is C12H24N2O2. The van der Waals surface area contributed by atoms with Crippen LogP contribution < -0.4 is 5.73 Å². The summed E-state index contributed by atoms with van der Waals surface area (Å²) in [5.74, 6) is 0. The van der Waals surface area contributed by atoms with E-state index in [0.29, 0.717) is 24.8 Å². The van der Waals surface area contributed by atoms with Crippen molar-refractivity contribution in [3.8, 4) is 0 Å². The molecule has 2 fully saturated rings. The highest BCUT2D eigenvalue weighted by molar-refractivity contribution is 4.86. The SMILES string of the molecule is CCC1CN(C(CN)C2CCCO2)CCO1. The number of nitrogens with zero attached hydrogens (tertiary/aromatic N) is 1. The van der Waals surface area contributed by atoms with E-state index < -0.39 is 0 Å². The minimum atomic E-state index is 0.348. The highest BCUT2D eigenvalue weighted by Crippen LogP contribution is 2.21. The molecule has 16 heavy (non-hydrogen) atoms. The maximum atomic E-state index is 5.91. The van der Waals surface area contributed by atoms with Gasteiger partial charge in [0.2, 0.25) is 0 Å². The van der Waals surface area contributed by atoms with E-state index in [1.165, 1.54) is 6.42 Å². The third kappa shape index (κ3) is 2.74. The van der Waals surface area contributed by atoms with Crippen molar-refractivity contribution in [3.63, 3.8) is 0 Å². The lowest BCUT2D eigenvalue weighted by Crippen LogP contribution is -2.54. The second-order valence-corrected chi connectivity index (χ2v) is 4.75. The second kappa shape index (κ2) is 5.96. The molecule has 0 spiro atoms. The maximum absolute atomic E-state index is 5.91. The fraction of sp³-hybridized carbons (Fsp3) is 1.00. The molecule has 0 amide bonds. The second-order valence-electron chi connectivity index (χ2n) is 4.75. The van der Waals surface area contributed by atoms with Gasteiger partial charge in [-0.05, 0) is 19.3 Å². The van der Waals surface area contributed by atoms with Crippen molar-refractivity contribution in [2.24, 2.45) is 5.73 Å². The van der Waals surface area contributed by atoms with Crippen LogP contribution in [0.15, 0.2) is 0 Å². The van der Waals surface area contributed by atoms with Crippen LogP contribution in [0.3, 0.4) is 0 Å². The van der Waals surface area contributed by atoms with Gasteiger partial charge in [-0.15, -0.1) is 0 Å². The predicted octanol–water partition coefficient (Wildman–Crippen LogP) is 0.604. The van der Waals surface area contributed by atoms with Gasteiger partial charge >= 0.3 is 0 Å². The van der Waals surface area contributed by atoms with Gasteiger partial charge in [0.25, 0.3) is 0 Å². The molecule has 2 aliphatic rings. The average Bonchev–Trinajstić information content (AvgIpc) is 2.84. The van der Waals surface area contributed by atoms with E-state index in [1.807, 2.05) is 0 Å². The molecule has 4 heteroatoms. The molecule has 0 radical (unpaired) electrons. The van der Waals surface area contributed by atoms with E-state index in [4.69, 9.17) is 15.2 Å². The molecule has 0 aromatic carbocycles. The Morgan fingerprint density at radius 3 is 2.88 bits per heavy atom. The molecule has 2 saturated heterocycles. The van der Waals surface area contributed by atoms with Crippen molar-refractivity contribution in [2.75, 3.05) is 32.8 Å². The molecule has 2 aliphatic heterocycles. The van der Waals surface area contributed by atoms with Crippen LogP contribution in [0.25, 0.3) is 0 Å². The van der Waals surface area contributed by atoms with E-state index in [1.54, 1.807) is 0 Å².